The number of anilines is 1. The number of fused-ring (bicyclic) bond motifs is 2. The van der Waals surface area contributed by atoms with Gasteiger partial charge in [0, 0.05) is 24.3 Å². The lowest BCUT2D eigenvalue weighted by Crippen LogP contribution is -2.52. The molecule has 2 atom stereocenters. The first-order chi connectivity index (χ1) is 8.33. The van der Waals surface area contributed by atoms with Gasteiger partial charge in [-0.2, -0.15) is 0 Å². The minimum absolute atomic E-state index is 0.580. The fourth-order valence-corrected chi connectivity index (χ4v) is 3.32. The first-order valence-electron chi connectivity index (χ1n) is 6.57. The summed E-state index contributed by atoms with van der Waals surface area (Å²) in [7, 11) is 2.29. The van der Waals surface area contributed by atoms with Crippen molar-refractivity contribution in [1.29, 1.82) is 0 Å². The Hall–Kier alpha value is -1.16. The van der Waals surface area contributed by atoms with E-state index < -0.39 is 0 Å². The summed E-state index contributed by atoms with van der Waals surface area (Å²) >= 11 is 0. The van der Waals surface area contributed by atoms with E-state index in [0.717, 1.165) is 17.9 Å². The second kappa shape index (κ2) is 4.61. The highest BCUT2D eigenvalue weighted by Gasteiger charge is 2.35. The van der Waals surface area contributed by atoms with Crippen molar-refractivity contribution in [2.24, 2.45) is 0 Å². The molecule has 0 saturated carbocycles. The molecule has 4 nitrogen and oxygen atoms in total. The minimum Gasteiger partial charge on any atom is -0.367 e. The Morgan fingerprint density at radius 2 is 2.06 bits per heavy atom. The molecule has 2 bridgehead atoms. The van der Waals surface area contributed by atoms with E-state index in [4.69, 9.17) is 0 Å². The molecule has 0 radical (unpaired) electrons. The summed E-state index contributed by atoms with van der Waals surface area (Å²) in [5.41, 5.74) is 0. The summed E-state index contributed by atoms with van der Waals surface area (Å²) in [6.07, 6.45) is 10.0. The summed E-state index contributed by atoms with van der Waals surface area (Å²) < 4.78 is 0. The molecule has 17 heavy (non-hydrogen) atoms. The van der Waals surface area contributed by atoms with E-state index >= 15 is 0 Å². The summed E-state index contributed by atoms with van der Waals surface area (Å²) in [5, 5.41) is 3.55. The van der Waals surface area contributed by atoms with Crippen LogP contribution >= 0.6 is 0 Å². The normalized spacial score (nSPS) is 33.4. The van der Waals surface area contributed by atoms with Gasteiger partial charge in [0.25, 0.3) is 0 Å². The smallest absolute Gasteiger partial charge is 0.129 e. The van der Waals surface area contributed by atoms with Crippen LogP contribution in [0.2, 0.25) is 0 Å². The van der Waals surface area contributed by atoms with Gasteiger partial charge < -0.3 is 10.2 Å². The lowest BCUT2D eigenvalue weighted by molar-refractivity contribution is 0.0608. The van der Waals surface area contributed by atoms with Crippen LogP contribution in [0.25, 0.3) is 0 Å². The molecule has 2 unspecified atom stereocenters. The molecule has 2 fully saturated rings. The fourth-order valence-electron chi connectivity index (χ4n) is 3.32. The van der Waals surface area contributed by atoms with Gasteiger partial charge in [0.2, 0.25) is 0 Å². The Balaban J connectivity index is 1.66. The largest absolute Gasteiger partial charge is 0.367 e. The average molecular weight is 232 g/mol. The summed E-state index contributed by atoms with van der Waals surface area (Å²) in [6, 6.07) is 4.06. The standard InChI is InChI=1S/C13H20N4/c1-17-11-3-2-4-12(17)8-10(7-11)16-13-5-6-14-9-15-13/h5-6,9-12H,2-4,7-8H2,1H3,(H,14,15,16). The first kappa shape index (κ1) is 11.0. The third kappa shape index (κ3) is 2.27. The van der Waals surface area contributed by atoms with Gasteiger partial charge in [-0.3, -0.25) is 0 Å². The SMILES string of the molecule is CN1C2CCCC1CC(Nc1ccncn1)C2. The van der Waals surface area contributed by atoms with Crippen molar-refractivity contribution in [2.75, 3.05) is 12.4 Å². The number of hydrogen-bond acceptors (Lipinski definition) is 4. The second-order valence-electron chi connectivity index (χ2n) is 5.31. The zero-order chi connectivity index (χ0) is 11.7. The maximum atomic E-state index is 4.25. The Morgan fingerprint density at radius 3 is 2.71 bits per heavy atom. The lowest BCUT2D eigenvalue weighted by Gasteiger charge is -2.47. The number of piperidine rings is 2. The van der Waals surface area contributed by atoms with Crippen molar-refractivity contribution in [1.82, 2.24) is 14.9 Å². The van der Waals surface area contributed by atoms with Crippen molar-refractivity contribution in [3.05, 3.63) is 18.6 Å². The average Bonchev–Trinajstić information content (AvgIpc) is 2.32. The van der Waals surface area contributed by atoms with E-state index in [1.807, 2.05) is 6.07 Å². The van der Waals surface area contributed by atoms with Crippen LogP contribution < -0.4 is 5.32 Å². The molecule has 2 saturated heterocycles. The maximum absolute atomic E-state index is 4.25. The molecule has 92 valence electrons. The van der Waals surface area contributed by atoms with Gasteiger partial charge in [0.05, 0.1) is 0 Å². The Morgan fingerprint density at radius 1 is 1.29 bits per heavy atom. The highest BCUT2D eigenvalue weighted by atomic mass is 15.2. The van der Waals surface area contributed by atoms with E-state index in [-0.39, 0.29) is 0 Å². The van der Waals surface area contributed by atoms with Crippen LogP contribution in [0.3, 0.4) is 0 Å². The zero-order valence-electron chi connectivity index (χ0n) is 10.3. The van der Waals surface area contributed by atoms with E-state index in [9.17, 15) is 0 Å². The zero-order valence-corrected chi connectivity index (χ0v) is 10.3. The monoisotopic (exact) mass is 232 g/mol. The highest BCUT2D eigenvalue weighted by Crippen LogP contribution is 2.33. The molecular formula is C13H20N4. The number of hydrogen-bond donors (Lipinski definition) is 1. The molecule has 0 spiro atoms. The van der Waals surface area contributed by atoms with Crippen molar-refractivity contribution < 1.29 is 0 Å². The fraction of sp³-hybridized carbons (Fsp3) is 0.692. The van der Waals surface area contributed by atoms with Gasteiger partial charge in [0.15, 0.2) is 0 Å². The molecule has 0 aliphatic carbocycles. The maximum Gasteiger partial charge on any atom is 0.129 e. The number of rotatable bonds is 2. The lowest BCUT2D eigenvalue weighted by atomic mass is 9.82. The summed E-state index contributed by atoms with van der Waals surface area (Å²) in [5.74, 6) is 0.965. The van der Waals surface area contributed by atoms with E-state index in [2.05, 4.69) is 27.2 Å². The van der Waals surface area contributed by atoms with Crippen molar-refractivity contribution in [3.8, 4) is 0 Å². The molecule has 0 aromatic carbocycles. The first-order valence-corrected chi connectivity index (χ1v) is 6.57. The topological polar surface area (TPSA) is 41.0 Å². The van der Waals surface area contributed by atoms with Crippen LogP contribution in [-0.4, -0.2) is 40.0 Å². The summed E-state index contributed by atoms with van der Waals surface area (Å²) in [4.78, 5) is 10.8. The van der Waals surface area contributed by atoms with Crippen LogP contribution in [0.5, 0.6) is 0 Å². The van der Waals surface area contributed by atoms with Gasteiger partial charge in [0.1, 0.15) is 12.1 Å². The van der Waals surface area contributed by atoms with Gasteiger partial charge in [-0.15, -0.1) is 0 Å². The molecule has 1 aromatic rings. The third-order valence-electron chi connectivity index (χ3n) is 4.27. The van der Waals surface area contributed by atoms with E-state index in [1.54, 1.807) is 12.5 Å². The Kier molecular flexibility index (Phi) is 2.97. The van der Waals surface area contributed by atoms with Crippen molar-refractivity contribution in [3.63, 3.8) is 0 Å². The van der Waals surface area contributed by atoms with Gasteiger partial charge >= 0.3 is 0 Å². The number of nitrogens with zero attached hydrogens (tertiary/aromatic N) is 3. The van der Waals surface area contributed by atoms with Crippen LogP contribution in [0, 0.1) is 0 Å². The Bertz CT molecular complexity index is 353. The molecule has 1 N–H and O–H groups in total. The predicted molar refractivity (Wildman–Crippen MR) is 67.9 cm³/mol. The van der Waals surface area contributed by atoms with E-state index in [1.165, 1.54) is 32.1 Å². The van der Waals surface area contributed by atoms with Crippen molar-refractivity contribution in [2.45, 2.75) is 50.2 Å². The predicted octanol–water partition coefficient (Wildman–Crippen LogP) is 1.90. The van der Waals surface area contributed by atoms with Gasteiger partial charge in [-0.1, -0.05) is 6.42 Å². The van der Waals surface area contributed by atoms with Crippen molar-refractivity contribution >= 4 is 5.82 Å². The Labute approximate surface area is 102 Å². The molecule has 1 aromatic heterocycles. The second-order valence-corrected chi connectivity index (χ2v) is 5.31. The van der Waals surface area contributed by atoms with Gasteiger partial charge in [-0.25, -0.2) is 9.97 Å². The van der Waals surface area contributed by atoms with Crippen LogP contribution in [0.1, 0.15) is 32.1 Å². The third-order valence-corrected chi connectivity index (χ3v) is 4.27. The highest BCUT2D eigenvalue weighted by molar-refractivity contribution is 5.33. The molecule has 3 heterocycles. The van der Waals surface area contributed by atoms with Crippen LogP contribution in [0.15, 0.2) is 18.6 Å². The van der Waals surface area contributed by atoms with Crippen LogP contribution in [-0.2, 0) is 0 Å². The van der Waals surface area contributed by atoms with E-state index in [0.29, 0.717) is 6.04 Å². The molecule has 0 amide bonds. The van der Waals surface area contributed by atoms with Crippen LogP contribution in [0.4, 0.5) is 5.82 Å². The molecular weight excluding hydrogens is 212 g/mol. The minimum atomic E-state index is 0.580. The molecule has 2 aliphatic heterocycles. The molecule has 4 heteroatoms. The number of aromatic nitrogens is 2. The quantitative estimate of drug-likeness (QED) is 0.845. The summed E-state index contributed by atoms with van der Waals surface area (Å²) in [6.45, 7) is 0. The number of nitrogens with one attached hydrogen (secondary N) is 1. The molecule has 2 aliphatic rings. The van der Waals surface area contributed by atoms with Gasteiger partial charge in [-0.05, 0) is 38.8 Å². The molecule has 3 rings (SSSR count).